The van der Waals surface area contributed by atoms with Crippen LogP contribution in [0.15, 0.2) is 36.7 Å². The maximum Gasteiger partial charge on any atom is 0.252 e. The van der Waals surface area contributed by atoms with E-state index in [0.717, 1.165) is 11.4 Å². The normalized spacial score (nSPS) is 10.2. The lowest BCUT2D eigenvalue weighted by Crippen LogP contribution is -2.11. The van der Waals surface area contributed by atoms with E-state index < -0.39 is 5.91 Å². The van der Waals surface area contributed by atoms with Gasteiger partial charge in [-0.3, -0.25) is 4.79 Å². The molecule has 0 aliphatic heterocycles. The molecule has 1 aromatic heterocycles. The molecule has 88 valence electrons. The van der Waals surface area contributed by atoms with Crippen LogP contribution in [-0.2, 0) is 0 Å². The second kappa shape index (κ2) is 4.21. The van der Waals surface area contributed by atoms with Crippen molar-refractivity contribution in [2.75, 3.05) is 12.8 Å². The Bertz CT molecular complexity index is 543. The first kappa shape index (κ1) is 11.1. The van der Waals surface area contributed by atoms with Gasteiger partial charge in [0.15, 0.2) is 0 Å². The Labute approximate surface area is 98.6 Å². The van der Waals surface area contributed by atoms with Gasteiger partial charge in [-0.2, -0.15) is 0 Å². The third-order valence-electron chi connectivity index (χ3n) is 2.49. The number of hydrogen-bond acceptors (Lipinski definition) is 3. The first-order valence-electron chi connectivity index (χ1n) is 5.03. The Morgan fingerprint density at radius 1 is 1.24 bits per heavy atom. The van der Waals surface area contributed by atoms with Gasteiger partial charge in [-0.15, -0.1) is 0 Å². The fourth-order valence-corrected chi connectivity index (χ4v) is 1.58. The van der Waals surface area contributed by atoms with Crippen LogP contribution in [0.1, 0.15) is 10.4 Å². The molecule has 17 heavy (non-hydrogen) atoms. The van der Waals surface area contributed by atoms with Crippen LogP contribution in [0.3, 0.4) is 0 Å². The number of aromatic nitrogens is 1. The molecule has 1 heterocycles. The van der Waals surface area contributed by atoms with Crippen LogP contribution in [0.25, 0.3) is 5.69 Å². The second-order valence-corrected chi connectivity index (χ2v) is 3.60. The molecule has 0 fully saturated rings. The lowest BCUT2D eigenvalue weighted by Gasteiger charge is -2.04. The molecular formula is C12H13N3O2. The van der Waals surface area contributed by atoms with Crippen LogP contribution in [-0.4, -0.2) is 17.6 Å². The Morgan fingerprint density at radius 3 is 2.35 bits per heavy atom. The summed E-state index contributed by atoms with van der Waals surface area (Å²) in [5.41, 5.74) is 12.5. The molecule has 0 spiro atoms. The molecule has 2 aromatic rings. The predicted molar refractivity (Wildman–Crippen MR) is 65.3 cm³/mol. The van der Waals surface area contributed by atoms with Gasteiger partial charge >= 0.3 is 0 Å². The summed E-state index contributed by atoms with van der Waals surface area (Å²) in [4.78, 5) is 11.1. The SMILES string of the molecule is COc1ccc(-n2cc(N)c(C(N)=O)c2)cc1. The second-order valence-electron chi connectivity index (χ2n) is 3.60. The largest absolute Gasteiger partial charge is 0.497 e. The number of methoxy groups -OCH3 is 1. The Balaban J connectivity index is 2.39. The van der Waals surface area contributed by atoms with Crippen molar-refractivity contribution in [3.05, 3.63) is 42.2 Å². The number of carbonyl (C=O) groups is 1. The van der Waals surface area contributed by atoms with Gasteiger partial charge in [0.2, 0.25) is 0 Å². The average molecular weight is 231 g/mol. The average Bonchev–Trinajstić information content (AvgIpc) is 2.71. The quantitative estimate of drug-likeness (QED) is 0.831. The summed E-state index contributed by atoms with van der Waals surface area (Å²) in [6, 6.07) is 7.39. The Morgan fingerprint density at radius 2 is 1.88 bits per heavy atom. The summed E-state index contributed by atoms with van der Waals surface area (Å²) in [5, 5.41) is 0. The molecule has 0 saturated heterocycles. The molecule has 5 nitrogen and oxygen atoms in total. The summed E-state index contributed by atoms with van der Waals surface area (Å²) in [6.07, 6.45) is 3.27. The van der Waals surface area contributed by atoms with E-state index in [1.54, 1.807) is 24.1 Å². The summed E-state index contributed by atoms with van der Waals surface area (Å²) < 4.78 is 6.81. The van der Waals surface area contributed by atoms with Crippen molar-refractivity contribution in [3.8, 4) is 11.4 Å². The van der Waals surface area contributed by atoms with Crippen molar-refractivity contribution in [2.24, 2.45) is 5.73 Å². The smallest absolute Gasteiger partial charge is 0.252 e. The van der Waals surface area contributed by atoms with E-state index in [4.69, 9.17) is 16.2 Å². The Kier molecular flexibility index (Phi) is 2.74. The van der Waals surface area contributed by atoms with E-state index in [2.05, 4.69) is 0 Å². The number of benzene rings is 1. The number of anilines is 1. The van der Waals surface area contributed by atoms with Crippen LogP contribution >= 0.6 is 0 Å². The topological polar surface area (TPSA) is 83.3 Å². The van der Waals surface area contributed by atoms with Gasteiger partial charge in [0, 0.05) is 18.1 Å². The Hall–Kier alpha value is -2.43. The minimum absolute atomic E-state index is 0.320. The molecule has 0 saturated carbocycles. The van der Waals surface area contributed by atoms with Gasteiger partial charge in [-0.05, 0) is 24.3 Å². The fourth-order valence-electron chi connectivity index (χ4n) is 1.58. The van der Waals surface area contributed by atoms with E-state index in [9.17, 15) is 4.79 Å². The van der Waals surface area contributed by atoms with Crippen LogP contribution < -0.4 is 16.2 Å². The molecule has 1 aromatic carbocycles. The summed E-state index contributed by atoms with van der Waals surface area (Å²) in [7, 11) is 1.61. The van der Waals surface area contributed by atoms with Crippen molar-refractivity contribution in [1.82, 2.24) is 4.57 Å². The summed E-state index contributed by atoms with van der Waals surface area (Å²) in [6.45, 7) is 0. The molecule has 5 heteroatoms. The number of nitrogens with two attached hydrogens (primary N) is 2. The highest BCUT2D eigenvalue weighted by Crippen LogP contribution is 2.19. The highest BCUT2D eigenvalue weighted by atomic mass is 16.5. The van der Waals surface area contributed by atoms with Gasteiger partial charge in [-0.1, -0.05) is 0 Å². The molecule has 4 N–H and O–H groups in total. The number of carbonyl (C=O) groups excluding carboxylic acids is 1. The molecule has 0 unspecified atom stereocenters. The predicted octanol–water partition coefficient (Wildman–Crippen LogP) is 1.17. The van der Waals surface area contributed by atoms with Crippen LogP contribution in [0.2, 0.25) is 0 Å². The van der Waals surface area contributed by atoms with Gasteiger partial charge in [0.1, 0.15) is 5.75 Å². The standard InChI is InChI=1S/C12H13N3O2/c1-17-9-4-2-8(3-5-9)15-6-10(12(14)16)11(13)7-15/h2-7H,13H2,1H3,(H2,14,16). The lowest BCUT2D eigenvalue weighted by molar-refractivity contribution is 0.100. The number of rotatable bonds is 3. The highest BCUT2D eigenvalue weighted by molar-refractivity contribution is 5.98. The molecular weight excluding hydrogens is 218 g/mol. The van der Waals surface area contributed by atoms with Crippen LogP contribution in [0, 0.1) is 0 Å². The van der Waals surface area contributed by atoms with Gasteiger partial charge in [-0.25, -0.2) is 0 Å². The zero-order valence-electron chi connectivity index (χ0n) is 9.38. The first-order chi connectivity index (χ1) is 8.11. The number of nitrogens with zero attached hydrogens (tertiary/aromatic N) is 1. The third-order valence-corrected chi connectivity index (χ3v) is 2.49. The number of primary amides is 1. The highest BCUT2D eigenvalue weighted by Gasteiger charge is 2.09. The van der Waals surface area contributed by atoms with E-state index >= 15 is 0 Å². The van der Waals surface area contributed by atoms with Gasteiger partial charge in [0.05, 0.1) is 18.4 Å². The number of nitrogen functional groups attached to an aromatic ring is 1. The molecule has 1 amide bonds. The maximum absolute atomic E-state index is 11.1. The molecule has 0 atom stereocenters. The summed E-state index contributed by atoms with van der Waals surface area (Å²) >= 11 is 0. The molecule has 0 aliphatic rings. The van der Waals surface area contributed by atoms with Crippen molar-refractivity contribution < 1.29 is 9.53 Å². The van der Waals surface area contributed by atoms with Gasteiger partial charge in [0.25, 0.3) is 5.91 Å². The zero-order chi connectivity index (χ0) is 12.4. The summed E-state index contributed by atoms with van der Waals surface area (Å²) in [5.74, 6) is 0.235. The minimum Gasteiger partial charge on any atom is -0.497 e. The van der Waals surface area contributed by atoms with E-state index in [-0.39, 0.29) is 0 Å². The van der Waals surface area contributed by atoms with Gasteiger partial charge < -0.3 is 20.8 Å². The maximum atomic E-state index is 11.1. The van der Waals surface area contributed by atoms with Crippen molar-refractivity contribution in [1.29, 1.82) is 0 Å². The molecule has 0 aliphatic carbocycles. The van der Waals surface area contributed by atoms with Crippen molar-refractivity contribution >= 4 is 11.6 Å². The molecule has 0 bridgehead atoms. The van der Waals surface area contributed by atoms with Crippen molar-refractivity contribution in [2.45, 2.75) is 0 Å². The zero-order valence-corrected chi connectivity index (χ0v) is 9.38. The monoisotopic (exact) mass is 231 g/mol. The van der Waals surface area contributed by atoms with E-state index in [0.29, 0.717) is 11.3 Å². The van der Waals surface area contributed by atoms with E-state index in [1.165, 1.54) is 0 Å². The molecule has 0 radical (unpaired) electrons. The minimum atomic E-state index is -0.533. The number of amides is 1. The third kappa shape index (κ3) is 2.08. The number of ether oxygens (including phenoxy) is 1. The van der Waals surface area contributed by atoms with E-state index in [1.807, 2.05) is 24.3 Å². The van der Waals surface area contributed by atoms with Crippen molar-refractivity contribution in [3.63, 3.8) is 0 Å². The molecule has 2 rings (SSSR count). The number of hydrogen-bond donors (Lipinski definition) is 2. The fraction of sp³-hybridized carbons (Fsp3) is 0.0833. The van der Waals surface area contributed by atoms with Crippen LogP contribution in [0.4, 0.5) is 5.69 Å². The van der Waals surface area contributed by atoms with Crippen LogP contribution in [0.5, 0.6) is 5.75 Å². The first-order valence-corrected chi connectivity index (χ1v) is 5.03. The lowest BCUT2D eigenvalue weighted by atomic mass is 10.3.